The van der Waals surface area contributed by atoms with E-state index in [2.05, 4.69) is 10.2 Å². The maximum atomic E-state index is 17.5. The summed E-state index contributed by atoms with van der Waals surface area (Å²) in [6.45, 7) is 5.10. The number of amides is 1. The molecule has 0 unspecified atom stereocenters. The number of unbranched alkanes of at least 4 members (excludes halogenated alkanes) is 2. The monoisotopic (exact) mass is 668 g/mol. The summed E-state index contributed by atoms with van der Waals surface area (Å²) in [5.74, 6) is -5.43. The molecule has 3 saturated carbocycles. The minimum absolute atomic E-state index is 0.00897. The zero-order valence-electron chi connectivity index (χ0n) is 26.9. The topological polar surface area (TPSA) is 181 Å². The van der Waals surface area contributed by atoms with E-state index in [9.17, 15) is 34.4 Å². The minimum atomic E-state index is -2.35. The third kappa shape index (κ3) is 5.67. The van der Waals surface area contributed by atoms with E-state index in [1.54, 1.807) is 20.8 Å². The number of esters is 1. The lowest BCUT2D eigenvalue weighted by atomic mass is 9.44. The molecule has 5 rings (SSSR count). The highest BCUT2D eigenvalue weighted by Gasteiger charge is 2.80. The predicted octanol–water partition coefficient (Wildman–Crippen LogP) is 2.80. The van der Waals surface area contributed by atoms with Gasteiger partial charge in [0, 0.05) is 23.2 Å². The lowest BCUT2D eigenvalue weighted by molar-refractivity contribution is -0.757. The van der Waals surface area contributed by atoms with Gasteiger partial charge >= 0.3 is 5.97 Å². The molecule has 1 saturated heterocycles. The Morgan fingerprint density at radius 3 is 2.57 bits per heavy atom. The van der Waals surface area contributed by atoms with Crippen molar-refractivity contribution in [2.45, 2.75) is 108 Å². The number of ketones is 2. The Bertz CT molecular complexity index is 1400. The number of nitrogens with one attached hydrogen (secondary N) is 1. The number of ether oxygens (including phenoxy) is 3. The largest absolute Gasteiger partial charge is 0.456 e. The van der Waals surface area contributed by atoms with Crippen LogP contribution in [0.5, 0.6) is 0 Å². The number of carbonyl (C=O) groups excluding carboxylic acids is 4. The van der Waals surface area contributed by atoms with E-state index in [0.29, 0.717) is 19.3 Å². The van der Waals surface area contributed by atoms with Crippen molar-refractivity contribution >= 4 is 23.4 Å². The summed E-state index contributed by atoms with van der Waals surface area (Å²) in [4.78, 5) is 65.2. The van der Waals surface area contributed by atoms with Gasteiger partial charge in [-0.3, -0.25) is 19.2 Å². The van der Waals surface area contributed by atoms with Crippen LogP contribution >= 0.6 is 0 Å². The number of hydrogen-bond donors (Lipinski definition) is 2. The summed E-state index contributed by atoms with van der Waals surface area (Å²) < 4.78 is 51.1. The number of alkyl halides is 2. The normalized spacial score (nSPS) is 39.5. The van der Waals surface area contributed by atoms with Crippen LogP contribution in [0.3, 0.4) is 0 Å². The van der Waals surface area contributed by atoms with E-state index in [4.69, 9.17) is 14.2 Å². The molecule has 1 amide bonds. The van der Waals surface area contributed by atoms with Crippen LogP contribution in [0, 0.1) is 32.8 Å². The zero-order chi connectivity index (χ0) is 34.6. The van der Waals surface area contributed by atoms with Gasteiger partial charge in [0.1, 0.15) is 12.7 Å². The van der Waals surface area contributed by atoms with Gasteiger partial charge in [0.25, 0.3) is 5.09 Å². The van der Waals surface area contributed by atoms with Crippen molar-refractivity contribution in [2.24, 2.45) is 22.7 Å². The van der Waals surface area contributed by atoms with E-state index in [0.717, 1.165) is 6.08 Å². The molecule has 1 heterocycles. The molecule has 0 aromatic rings. The third-order valence-electron chi connectivity index (χ3n) is 11.1. The lowest BCUT2D eigenvalue weighted by Crippen LogP contribution is -2.71. The zero-order valence-corrected chi connectivity index (χ0v) is 26.9. The molecule has 13 nitrogen and oxygen atoms in total. The second-order valence-corrected chi connectivity index (χ2v) is 14.2. The van der Waals surface area contributed by atoms with E-state index >= 15 is 8.78 Å². The molecule has 4 aliphatic carbocycles. The molecule has 4 fully saturated rings. The average molecular weight is 669 g/mol. The van der Waals surface area contributed by atoms with Crippen molar-refractivity contribution in [3.05, 3.63) is 33.9 Å². The molecule has 0 aromatic carbocycles. The third-order valence-corrected chi connectivity index (χ3v) is 11.1. The molecule has 2 N–H and O–H groups in total. The molecule has 0 aromatic heterocycles. The SMILES string of the molecule is CC1(C)O[C@H]2C[C@H]3[C@@H]4C[C@H](F)C5=CC(=O)C=C[C@]5(C)[C@@]4(F)[C@@H](O)C[C@]3(C)[C@@]2(C(=O)COC(=O)CNC(=O)CCCCCO[N+](=O)[O-])O1. The molecule has 0 bridgehead atoms. The first-order valence-electron chi connectivity index (χ1n) is 16.0. The molecule has 9 atom stereocenters. The van der Waals surface area contributed by atoms with Crippen LogP contribution in [-0.4, -0.2) is 88.8 Å². The first kappa shape index (κ1) is 35.0. The van der Waals surface area contributed by atoms with Crippen molar-refractivity contribution in [3.8, 4) is 0 Å². The van der Waals surface area contributed by atoms with Gasteiger partial charge in [-0.1, -0.05) is 19.4 Å². The van der Waals surface area contributed by atoms with Crippen molar-refractivity contribution < 1.29 is 57.2 Å². The number of aliphatic hydroxyl groups excluding tert-OH is 1. The van der Waals surface area contributed by atoms with Gasteiger partial charge in [-0.25, -0.2) is 8.78 Å². The van der Waals surface area contributed by atoms with Gasteiger partial charge < -0.3 is 29.5 Å². The first-order chi connectivity index (χ1) is 21.9. The van der Waals surface area contributed by atoms with Gasteiger partial charge in [-0.15, -0.1) is 10.1 Å². The average Bonchev–Trinajstić information content (AvgIpc) is 3.40. The van der Waals surface area contributed by atoms with Crippen LogP contribution < -0.4 is 5.32 Å². The number of rotatable bonds is 12. The van der Waals surface area contributed by atoms with Crippen molar-refractivity contribution in [1.82, 2.24) is 5.32 Å². The van der Waals surface area contributed by atoms with Crippen LogP contribution in [-0.2, 0) is 38.2 Å². The lowest BCUT2D eigenvalue weighted by Gasteiger charge is -2.63. The molecule has 0 spiro atoms. The number of aliphatic hydroxyl groups is 1. The number of fused-ring (bicyclic) bond motifs is 7. The van der Waals surface area contributed by atoms with E-state index in [-0.39, 0.29) is 37.9 Å². The van der Waals surface area contributed by atoms with Crippen LogP contribution in [0.15, 0.2) is 23.8 Å². The Morgan fingerprint density at radius 2 is 1.87 bits per heavy atom. The predicted molar refractivity (Wildman–Crippen MR) is 157 cm³/mol. The highest BCUT2D eigenvalue weighted by atomic mass is 19.1. The van der Waals surface area contributed by atoms with Crippen LogP contribution in [0.1, 0.15) is 72.6 Å². The van der Waals surface area contributed by atoms with E-state index in [1.807, 2.05) is 0 Å². The van der Waals surface area contributed by atoms with E-state index < -0.39 is 99.8 Å². The summed E-state index contributed by atoms with van der Waals surface area (Å²) in [5.41, 5.74) is -6.96. The highest BCUT2D eigenvalue weighted by molar-refractivity contribution is 6.01. The minimum Gasteiger partial charge on any atom is -0.456 e. The fraction of sp³-hybridized carbons (Fsp3) is 0.750. The van der Waals surface area contributed by atoms with Crippen molar-refractivity contribution in [3.63, 3.8) is 0 Å². The summed E-state index contributed by atoms with van der Waals surface area (Å²) in [7, 11) is 0. The second-order valence-electron chi connectivity index (χ2n) is 14.2. The van der Waals surface area contributed by atoms with Gasteiger partial charge in [0.05, 0.1) is 18.8 Å². The van der Waals surface area contributed by atoms with Crippen LogP contribution in [0.2, 0.25) is 0 Å². The van der Waals surface area contributed by atoms with Gasteiger partial charge in [0.2, 0.25) is 11.7 Å². The Hall–Kier alpha value is -3.30. The molecule has 260 valence electrons. The number of nitrogens with zero attached hydrogens (tertiary/aromatic N) is 1. The smallest absolute Gasteiger partial charge is 0.325 e. The van der Waals surface area contributed by atoms with Crippen LogP contribution in [0.4, 0.5) is 8.78 Å². The number of Topliss-reactive ketones (excluding diaryl/α,β-unsaturated/α-hetero) is 1. The van der Waals surface area contributed by atoms with Gasteiger partial charge in [-0.2, -0.15) is 0 Å². The molecule has 0 radical (unpaired) electrons. The first-order valence-corrected chi connectivity index (χ1v) is 16.0. The fourth-order valence-electron chi connectivity index (χ4n) is 9.07. The maximum Gasteiger partial charge on any atom is 0.325 e. The van der Waals surface area contributed by atoms with Gasteiger partial charge in [-0.05, 0) is 76.5 Å². The second kappa shape index (κ2) is 12.3. The Labute approximate surface area is 270 Å². The summed E-state index contributed by atoms with van der Waals surface area (Å²) in [5, 5.41) is 23.3. The Balaban J connectivity index is 1.28. The van der Waals surface area contributed by atoms with Crippen molar-refractivity contribution in [1.29, 1.82) is 0 Å². The molecule has 47 heavy (non-hydrogen) atoms. The molecular weight excluding hydrogens is 626 g/mol. The quantitative estimate of drug-likeness (QED) is 0.135. The number of carbonyl (C=O) groups is 4. The highest BCUT2D eigenvalue weighted by Crippen LogP contribution is 2.72. The van der Waals surface area contributed by atoms with Crippen LogP contribution in [0.25, 0.3) is 0 Å². The summed E-state index contributed by atoms with van der Waals surface area (Å²) in [6.07, 6.45) is 0.370. The standard InChI is InChI=1S/C32H42F2N2O11/c1-28(2)46-25-14-19-20-13-22(33)21-12-18(37)9-10-29(21,3)31(20,34)23(38)15-30(19,4)32(25,47-28)24(39)17-44-27(41)16-35-26(40)8-6-5-7-11-45-36(42)43/h9-10,12,19-20,22-23,25,38H,5-8,11,13-17H2,1-4H3,(H,35,40)/t19-,20-,22-,23-,25-,29-,30-,31-,32-/m0/s1. The molecule has 1 aliphatic heterocycles. The summed E-state index contributed by atoms with van der Waals surface area (Å²) >= 11 is 0. The Kier molecular flexibility index (Phi) is 9.16. The fourth-order valence-corrected chi connectivity index (χ4v) is 9.07. The molecular formula is C32H42F2N2O11. The molecule has 15 heteroatoms. The van der Waals surface area contributed by atoms with Crippen molar-refractivity contribution in [2.75, 3.05) is 19.8 Å². The maximum absolute atomic E-state index is 17.5. The number of allylic oxidation sites excluding steroid dienone is 4. The number of hydrogen-bond acceptors (Lipinski definition) is 11. The van der Waals surface area contributed by atoms with Gasteiger partial charge in [0.15, 0.2) is 29.4 Å². The summed E-state index contributed by atoms with van der Waals surface area (Å²) in [6, 6.07) is 0. The Morgan fingerprint density at radius 1 is 1.15 bits per heavy atom. The van der Waals surface area contributed by atoms with E-state index in [1.165, 1.54) is 19.1 Å². The number of halogens is 2. The molecule has 5 aliphatic rings.